The first-order valence-corrected chi connectivity index (χ1v) is 12.7. The largest absolute Gasteiger partial charge is 0.483 e. The van der Waals surface area contributed by atoms with E-state index in [0.29, 0.717) is 17.4 Å². The third-order valence-electron chi connectivity index (χ3n) is 7.88. The van der Waals surface area contributed by atoms with Gasteiger partial charge in [0, 0.05) is 0 Å². The molecule has 0 aliphatic heterocycles. The highest BCUT2D eigenvalue weighted by molar-refractivity contribution is 5.66. The van der Waals surface area contributed by atoms with Crippen LogP contribution in [0.25, 0.3) is 11.1 Å². The summed E-state index contributed by atoms with van der Waals surface area (Å²) in [5, 5.41) is 0. The van der Waals surface area contributed by atoms with Crippen LogP contribution < -0.4 is 4.74 Å². The van der Waals surface area contributed by atoms with Gasteiger partial charge in [-0.1, -0.05) is 24.6 Å². The van der Waals surface area contributed by atoms with E-state index < -0.39 is 34.6 Å². The SMILES string of the molecule is C=CCCC1CCC2CC(c3cc(F)c(-c4cc(F)c(OC/C=C/C)c(F)c4)c(F)c3)CCC2C1. The Morgan fingerprint density at radius 3 is 2.20 bits per heavy atom. The van der Waals surface area contributed by atoms with Crippen LogP contribution in [0.2, 0.25) is 0 Å². The maximum absolute atomic E-state index is 15.1. The Morgan fingerprint density at radius 2 is 1.54 bits per heavy atom. The number of hydrogen-bond acceptors (Lipinski definition) is 1. The highest BCUT2D eigenvalue weighted by Gasteiger charge is 2.36. The van der Waals surface area contributed by atoms with E-state index in [4.69, 9.17) is 4.74 Å². The fourth-order valence-corrected chi connectivity index (χ4v) is 6.08. The fourth-order valence-electron chi connectivity index (χ4n) is 6.08. The zero-order valence-electron chi connectivity index (χ0n) is 20.3. The molecular weight excluding hydrogens is 452 g/mol. The molecule has 0 aromatic heterocycles. The minimum absolute atomic E-state index is 0.000173. The molecule has 35 heavy (non-hydrogen) atoms. The van der Waals surface area contributed by atoms with Gasteiger partial charge in [0.05, 0.1) is 5.56 Å². The van der Waals surface area contributed by atoms with Crippen LogP contribution in [0, 0.1) is 41.0 Å². The van der Waals surface area contributed by atoms with Crippen molar-refractivity contribution in [2.45, 2.75) is 64.2 Å². The molecule has 2 aliphatic rings. The molecule has 0 amide bonds. The molecule has 4 unspecified atom stereocenters. The molecule has 0 spiro atoms. The maximum atomic E-state index is 15.1. The van der Waals surface area contributed by atoms with Crippen LogP contribution >= 0.6 is 0 Å². The Hall–Kier alpha value is -2.56. The van der Waals surface area contributed by atoms with Crippen molar-refractivity contribution in [2.75, 3.05) is 6.61 Å². The van der Waals surface area contributed by atoms with Crippen molar-refractivity contribution in [3.63, 3.8) is 0 Å². The van der Waals surface area contributed by atoms with Crippen molar-refractivity contribution in [1.82, 2.24) is 0 Å². The van der Waals surface area contributed by atoms with Gasteiger partial charge in [0.1, 0.15) is 18.2 Å². The summed E-state index contributed by atoms with van der Waals surface area (Å²) in [6.07, 6.45) is 14.1. The molecule has 2 aromatic rings. The monoisotopic (exact) mass is 486 g/mol. The minimum Gasteiger partial charge on any atom is -0.483 e. The Bertz CT molecular complexity index is 1030. The number of fused-ring (bicyclic) bond motifs is 1. The highest BCUT2D eigenvalue weighted by Crippen LogP contribution is 2.49. The predicted octanol–water partition coefficient (Wildman–Crippen LogP) is 9.13. The second kappa shape index (κ2) is 11.5. The third-order valence-corrected chi connectivity index (χ3v) is 7.88. The molecule has 4 rings (SSSR count). The first kappa shape index (κ1) is 25.5. The van der Waals surface area contributed by atoms with Gasteiger partial charge >= 0.3 is 0 Å². The van der Waals surface area contributed by atoms with Crippen molar-refractivity contribution in [3.8, 4) is 16.9 Å². The summed E-state index contributed by atoms with van der Waals surface area (Å²) in [4.78, 5) is 0. The van der Waals surface area contributed by atoms with Gasteiger partial charge in [-0.25, -0.2) is 17.6 Å². The first-order valence-electron chi connectivity index (χ1n) is 12.7. The van der Waals surface area contributed by atoms with E-state index in [1.807, 2.05) is 6.08 Å². The van der Waals surface area contributed by atoms with E-state index in [1.165, 1.54) is 37.8 Å². The van der Waals surface area contributed by atoms with Crippen LogP contribution in [0.5, 0.6) is 5.75 Å². The van der Waals surface area contributed by atoms with Gasteiger partial charge in [-0.05, 0) is 111 Å². The van der Waals surface area contributed by atoms with E-state index in [9.17, 15) is 8.78 Å². The molecule has 2 aromatic carbocycles. The number of hydrogen-bond donors (Lipinski definition) is 0. The van der Waals surface area contributed by atoms with Crippen LogP contribution in [0.15, 0.2) is 49.1 Å². The molecule has 4 atom stereocenters. The van der Waals surface area contributed by atoms with Crippen LogP contribution in [-0.4, -0.2) is 6.61 Å². The van der Waals surface area contributed by atoms with E-state index in [0.717, 1.165) is 43.7 Å². The minimum atomic E-state index is -0.991. The lowest BCUT2D eigenvalue weighted by molar-refractivity contribution is 0.115. The lowest BCUT2D eigenvalue weighted by Crippen LogP contribution is -2.30. The second-order valence-electron chi connectivity index (χ2n) is 10.1. The van der Waals surface area contributed by atoms with Gasteiger partial charge in [-0.3, -0.25) is 0 Å². The normalized spacial score (nSPS) is 24.4. The second-order valence-corrected chi connectivity index (χ2v) is 10.1. The number of allylic oxidation sites excluding steroid dienone is 2. The smallest absolute Gasteiger partial charge is 0.191 e. The summed E-state index contributed by atoms with van der Waals surface area (Å²) in [5.74, 6) is -1.96. The molecule has 0 bridgehead atoms. The molecule has 0 heterocycles. The molecular formula is C30H34F4O. The zero-order valence-corrected chi connectivity index (χ0v) is 20.3. The standard InChI is InChI=1S/C30H34F4O/c1-3-5-7-19-8-9-21-14-22(11-10-20(21)13-19)23-15-25(31)29(26(32)16-23)24-17-27(33)30(28(34)18-24)35-12-6-4-2/h3-4,6,15-22H,1,5,7-14H2,2H3/b6-4+. The van der Waals surface area contributed by atoms with Crippen molar-refractivity contribution in [2.24, 2.45) is 17.8 Å². The summed E-state index contributed by atoms with van der Waals surface area (Å²) in [5.41, 5.74) is 0.0488. The molecule has 5 heteroatoms. The summed E-state index contributed by atoms with van der Waals surface area (Å²) in [7, 11) is 0. The summed E-state index contributed by atoms with van der Waals surface area (Å²) in [6.45, 7) is 5.59. The van der Waals surface area contributed by atoms with Gasteiger partial charge in [0.15, 0.2) is 17.4 Å². The van der Waals surface area contributed by atoms with Crippen molar-refractivity contribution in [1.29, 1.82) is 0 Å². The third kappa shape index (κ3) is 5.82. The molecule has 2 saturated carbocycles. The molecule has 2 fully saturated rings. The number of halogens is 4. The Balaban J connectivity index is 1.50. The van der Waals surface area contributed by atoms with Crippen LogP contribution in [0.3, 0.4) is 0 Å². The molecule has 188 valence electrons. The molecule has 1 nitrogen and oxygen atoms in total. The zero-order chi connectivity index (χ0) is 24.9. The molecule has 0 radical (unpaired) electrons. The quantitative estimate of drug-likeness (QED) is 0.267. The number of benzene rings is 2. The van der Waals surface area contributed by atoms with Crippen molar-refractivity contribution >= 4 is 0 Å². The fraction of sp³-hybridized carbons (Fsp3) is 0.467. The Labute approximate surface area is 205 Å². The van der Waals surface area contributed by atoms with E-state index in [-0.39, 0.29) is 18.1 Å². The van der Waals surface area contributed by atoms with Gasteiger partial charge in [-0.15, -0.1) is 6.58 Å². The first-order chi connectivity index (χ1) is 16.9. The predicted molar refractivity (Wildman–Crippen MR) is 132 cm³/mol. The number of ether oxygens (including phenoxy) is 1. The van der Waals surface area contributed by atoms with Gasteiger partial charge < -0.3 is 4.74 Å². The molecule has 2 aliphatic carbocycles. The van der Waals surface area contributed by atoms with E-state index >= 15 is 8.78 Å². The average molecular weight is 487 g/mol. The average Bonchev–Trinajstić information content (AvgIpc) is 2.83. The van der Waals surface area contributed by atoms with Crippen molar-refractivity contribution in [3.05, 3.63) is 77.9 Å². The van der Waals surface area contributed by atoms with Crippen LogP contribution in [0.4, 0.5) is 17.6 Å². The lowest BCUT2D eigenvalue weighted by atomic mass is 9.63. The Kier molecular flexibility index (Phi) is 8.35. The summed E-state index contributed by atoms with van der Waals surface area (Å²) < 4.78 is 64.3. The summed E-state index contributed by atoms with van der Waals surface area (Å²) in [6, 6.07) is 4.55. The van der Waals surface area contributed by atoms with E-state index in [1.54, 1.807) is 19.1 Å². The van der Waals surface area contributed by atoms with Gasteiger partial charge in [-0.2, -0.15) is 0 Å². The van der Waals surface area contributed by atoms with Gasteiger partial charge in [0.2, 0.25) is 0 Å². The van der Waals surface area contributed by atoms with E-state index in [2.05, 4.69) is 6.58 Å². The maximum Gasteiger partial charge on any atom is 0.191 e. The molecule has 0 saturated heterocycles. The lowest BCUT2D eigenvalue weighted by Gasteiger charge is -2.42. The Morgan fingerprint density at radius 1 is 0.886 bits per heavy atom. The topological polar surface area (TPSA) is 9.23 Å². The molecule has 0 N–H and O–H groups in total. The van der Waals surface area contributed by atoms with Crippen LogP contribution in [0.1, 0.15) is 69.8 Å². The highest BCUT2D eigenvalue weighted by atomic mass is 19.1. The van der Waals surface area contributed by atoms with Gasteiger partial charge in [0.25, 0.3) is 0 Å². The van der Waals surface area contributed by atoms with Crippen molar-refractivity contribution < 1.29 is 22.3 Å². The number of rotatable bonds is 8. The van der Waals surface area contributed by atoms with Crippen LogP contribution in [-0.2, 0) is 0 Å². The summed E-state index contributed by atoms with van der Waals surface area (Å²) >= 11 is 0.